The number of hydrogen-bond acceptors (Lipinski definition) is 4. The summed E-state index contributed by atoms with van der Waals surface area (Å²) in [5.74, 6) is 0.459. The minimum Gasteiger partial charge on any atom is -0.478 e. The fraction of sp³-hybridized carbons (Fsp3) is 0.739. The maximum absolute atomic E-state index is 12.4. The summed E-state index contributed by atoms with van der Waals surface area (Å²) in [6, 6.07) is 0. The van der Waals surface area contributed by atoms with Crippen LogP contribution in [0.2, 0.25) is 0 Å². The van der Waals surface area contributed by atoms with Gasteiger partial charge in [-0.25, -0.2) is 9.59 Å². The van der Waals surface area contributed by atoms with Gasteiger partial charge in [0.05, 0.1) is 0 Å². The third-order valence-corrected chi connectivity index (χ3v) is 8.48. The molecule has 4 rings (SSSR count). The first-order valence-corrected chi connectivity index (χ1v) is 10.8. The molecule has 4 saturated carbocycles. The second kappa shape index (κ2) is 8.04. The number of nitrogens with one attached hydrogen (secondary N) is 1. The van der Waals surface area contributed by atoms with E-state index in [0.717, 1.165) is 24.0 Å². The Hall–Kier alpha value is -1.98. The molecular weight excluding hydrogens is 370 g/mol. The number of aliphatic carboxylic acids is 2. The summed E-state index contributed by atoms with van der Waals surface area (Å²) in [6.07, 6.45) is 12.1. The van der Waals surface area contributed by atoms with Crippen LogP contribution in [0.5, 0.6) is 0 Å². The normalized spacial score (nSPS) is 41.0. The van der Waals surface area contributed by atoms with E-state index >= 15 is 0 Å². The summed E-state index contributed by atoms with van der Waals surface area (Å²) >= 11 is 0. The molecule has 0 heterocycles. The van der Waals surface area contributed by atoms with E-state index in [4.69, 9.17) is 15.6 Å². The molecule has 0 aromatic rings. The van der Waals surface area contributed by atoms with Crippen molar-refractivity contribution in [2.75, 3.05) is 0 Å². The van der Waals surface area contributed by atoms with Gasteiger partial charge in [-0.05, 0) is 61.7 Å². The average Bonchev–Trinajstić information content (AvgIpc) is 2.89. The van der Waals surface area contributed by atoms with Gasteiger partial charge < -0.3 is 15.6 Å². The lowest BCUT2D eigenvalue weighted by Gasteiger charge is -2.59. The van der Waals surface area contributed by atoms with Crippen LogP contribution in [0.15, 0.2) is 12.2 Å². The van der Waals surface area contributed by atoms with Crippen molar-refractivity contribution in [3.05, 3.63) is 12.2 Å². The first kappa shape index (κ1) is 21.7. The van der Waals surface area contributed by atoms with Gasteiger partial charge in [0.25, 0.3) is 0 Å². The van der Waals surface area contributed by atoms with Gasteiger partial charge in [0.2, 0.25) is 0 Å². The number of carbonyl (C=O) groups is 3. The van der Waals surface area contributed by atoms with Crippen LogP contribution in [0.4, 0.5) is 0 Å². The zero-order chi connectivity index (χ0) is 21.4. The van der Waals surface area contributed by atoms with Crippen LogP contribution < -0.4 is 0 Å². The lowest BCUT2D eigenvalue weighted by Crippen LogP contribution is -2.53. The molecule has 0 spiro atoms. The fourth-order valence-corrected chi connectivity index (χ4v) is 7.09. The number of rotatable bonds is 2. The van der Waals surface area contributed by atoms with Crippen molar-refractivity contribution < 1.29 is 24.6 Å². The first-order valence-electron chi connectivity index (χ1n) is 10.8. The van der Waals surface area contributed by atoms with E-state index in [1.54, 1.807) is 0 Å². The van der Waals surface area contributed by atoms with Crippen molar-refractivity contribution in [1.29, 1.82) is 5.41 Å². The Kier molecular flexibility index (Phi) is 6.02. The molecule has 0 radical (unpaired) electrons. The van der Waals surface area contributed by atoms with Crippen LogP contribution >= 0.6 is 0 Å². The molecule has 0 bridgehead atoms. The summed E-state index contributed by atoms with van der Waals surface area (Å²) in [5.41, 5.74) is 1.10. The smallest absolute Gasteiger partial charge is 0.328 e. The number of carbonyl (C=O) groups excluding carboxylic acids is 1. The Balaban J connectivity index is 0.000000258. The number of Topliss-reactive ketones (excluding diaryl/α,β-unsaturated/α-hetero) is 1. The van der Waals surface area contributed by atoms with Crippen LogP contribution in [-0.2, 0) is 14.4 Å². The minimum absolute atomic E-state index is 0.184. The van der Waals surface area contributed by atoms with Crippen molar-refractivity contribution in [2.24, 2.45) is 34.5 Å². The highest BCUT2D eigenvalue weighted by Crippen LogP contribution is 2.64. The molecule has 4 fully saturated rings. The molecule has 0 aromatic carbocycles. The monoisotopic (exact) mass is 403 g/mol. The van der Waals surface area contributed by atoms with Gasteiger partial charge in [-0.1, -0.05) is 26.7 Å². The van der Waals surface area contributed by atoms with E-state index in [-0.39, 0.29) is 11.3 Å². The zero-order valence-corrected chi connectivity index (χ0v) is 17.4. The van der Waals surface area contributed by atoms with Crippen LogP contribution in [0, 0.1) is 39.9 Å². The van der Waals surface area contributed by atoms with Gasteiger partial charge in [0.1, 0.15) is 5.78 Å². The minimum atomic E-state index is -1.26. The van der Waals surface area contributed by atoms with E-state index in [1.165, 1.54) is 44.9 Å². The van der Waals surface area contributed by atoms with E-state index in [0.29, 0.717) is 35.7 Å². The molecule has 0 amide bonds. The average molecular weight is 404 g/mol. The molecule has 29 heavy (non-hydrogen) atoms. The standard InChI is InChI=1S/C19H29NO.C4H4O4/c1-18-9-4-3-5-12(18)6-7-13-14(18)8-10-19(2)16(21)11-15(20)17(13)19;5-3(6)1-2-4(7)8/h12-14,17,20H,3-11H2,1-2H3;1-2H,(H,5,6)(H,7,8)/t12-,13-,14+,17-,18+,19-;/m1./s1. The topological polar surface area (TPSA) is 116 Å². The molecule has 6 atom stereocenters. The molecular formula is C23H33NO5. The van der Waals surface area contributed by atoms with Gasteiger partial charge >= 0.3 is 11.9 Å². The van der Waals surface area contributed by atoms with E-state index in [2.05, 4.69) is 13.8 Å². The second-order valence-electron chi connectivity index (χ2n) is 9.87. The predicted octanol–water partition coefficient (Wildman–Crippen LogP) is 4.33. The van der Waals surface area contributed by atoms with Gasteiger partial charge in [-0.3, -0.25) is 4.79 Å². The van der Waals surface area contributed by atoms with Crippen molar-refractivity contribution in [1.82, 2.24) is 0 Å². The third-order valence-electron chi connectivity index (χ3n) is 8.48. The Morgan fingerprint density at radius 1 is 1.00 bits per heavy atom. The largest absolute Gasteiger partial charge is 0.478 e. The van der Waals surface area contributed by atoms with Crippen LogP contribution in [0.1, 0.15) is 71.6 Å². The number of carboxylic acids is 2. The SMILES string of the molecule is C[C@]12CCCC[C@@H]1CC[C@@H]1[C@@H]2CC[C@]2(C)C(=O)CC(=N)[C@@H]12.O=C(O)C=CC(=O)O. The molecule has 6 heteroatoms. The predicted molar refractivity (Wildman–Crippen MR) is 109 cm³/mol. The van der Waals surface area contributed by atoms with Gasteiger partial charge in [0, 0.05) is 35.6 Å². The van der Waals surface area contributed by atoms with Crippen LogP contribution in [-0.4, -0.2) is 33.6 Å². The molecule has 160 valence electrons. The summed E-state index contributed by atoms with van der Waals surface area (Å²) < 4.78 is 0. The Morgan fingerprint density at radius 2 is 1.66 bits per heavy atom. The van der Waals surface area contributed by atoms with Gasteiger partial charge in [0.15, 0.2) is 0 Å². The number of carboxylic acid groups (broad SMARTS) is 2. The molecule has 3 N–H and O–H groups in total. The Bertz CT molecular complexity index is 728. The van der Waals surface area contributed by atoms with E-state index in [9.17, 15) is 14.4 Å². The lowest BCUT2D eigenvalue weighted by molar-refractivity contribution is -0.137. The molecule has 0 aliphatic heterocycles. The summed E-state index contributed by atoms with van der Waals surface area (Å²) in [4.78, 5) is 31.5. The maximum Gasteiger partial charge on any atom is 0.328 e. The highest BCUT2D eigenvalue weighted by Gasteiger charge is 2.61. The zero-order valence-electron chi connectivity index (χ0n) is 17.4. The van der Waals surface area contributed by atoms with E-state index in [1.807, 2.05) is 0 Å². The molecule has 4 aliphatic carbocycles. The molecule has 0 saturated heterocycles. The Morgan fingerprint density at radius 3 is 2.28 bits per heavy atom. The van der Waals surface area contributed by atoms with Crippen molar-refractivity contribution in [3.8, 4) is 0 Å². The lowest BCUT2D eigenvalue weighted by atomic mass is 9.45. The number of fused-ring (bicyclic) bond motifs is 5. The quantitative estimate of drug-likeness (QED) is 0.594. The van der Waals surface area contributed by atoms with Crippen LogP contribution in [0.25, 0.3) is 0 Å². The van der Waals surface area contributed by atoms with Crippen molar-refractivity contribution in [2.45, 2.75) is 71.6 Å². The summed E-state index contributed by atoms with van der Waals surface area (Å²) in [7, 11) is 0. The van der Waals surface area contributed by atoms with Crippen LogP contribution in [0.3, 0.4) is 0 Å². The summed E-state index contributed by atoms with van der Waals surface area (Å²) in [6.45, 7) is 4.73. The molecule has 4 aliphatic rings. The molecule has 0 unspecified atom stereocenters. The molecule has 0 aromatic heterocycles. The van der Waals surface area contributed by atoms with Gasteiger partial charge in [-0.15, -0.1) is 0 Å². The van der Waals surface area contributed by atoms with Gasteiger partial charge in [-0.2, -0.15) is 0 Å². The van der Waals surface area contributed by atoms with E-state index < -0.39 is 11.9 Å². The Labute approximate surface area is 172 Å². The number of hydrogen-bond donors (Lipinski definition) is 3. The first-order chi connectivity index (χ1) is 13.6. The molecule has 6 nitrogen and oxygen atoms in total. The number of ketones is 1. The fourth-order valence-electron chi connectivity index (χ4n) is 7.09. The van der Waals surface area contributed by atoms with Crippen molar-refractivity contribution in [3.63, 3.8) is 0 Å². The summed E-state index contributed by atoms with van der Waals surface area (Å²) in [5, 5.41) is 24.1. The maximum atomic E-state index is 12.4. The highest BCUT2D eigenvalue weighted by atomic mass is 16.4. The highest BCUT2D eigenvalue weighted by molar-refractivity contribution is 6.12. The van der Waals surface area contributed by atoms with Crippen molar-refractivity contribution >= 4 is 23.4 Å². The second-order valence-corrected chi connectivity index (χ2v) is 9.87. The third kappa shape index (κ3) is 3.90.